The molecule has 1 heterocycles. The summed E-state index contributed by atoms with van der Waals surface area (Å²) in [6.07, 6.45) is 3.04. The zero-order chi connectivity index (χ0) is 7.40. The summed E-state index contributed by atoms with van der Waals surface area (Å²) in [5.41, 5.74) is 0.373. The highest BCUT2D eigenvalue weighted by Crippen LogP contribution is 1.95. The summed E-state index contributed by atoms with van der Waals surface area (Å²) in [4.78, 5) is 13.5. The van der Waals surface area contributed by atoms with Gasteiger partial charge in [0, 0.05) is 6.21 Å². The minimum absolute atomic E-state index is 0.308. The average molecular weight is 138 g/mol. The molecule has 0 fully saturated rings. The van der Waals surface area contributed by atoms with Gasteiger partial charge in [0.15, 0.2) is 0 Å². The van der Waals surface area contributed by atoms with Crippen molar-refractivity contribution in [1.82, 2.24) is 5.32 Å². The van der Waals surface area contributed by atoms with Gasteiger partial charge in [-0.3, -0.25) is 10.4 Å². The molecule has 0 atom stereocenters. The molecular weight excluding hydrogens is 132 g/mol. The summed E-state index contributed by atoms with van der Waals surface area (Å²) in [5, 5.41) is 12.2. The summed E-state index contributed by atoms with van der Waals surface area (Å²) in [6.45, 7) is 0.545. The molecule has 0 saturated carbocycles. The average Bonchev–Trinajstić information content (AvgIpc) is 2.05. The van der Waals surface area contributed by atoms with E-state index in [4.69, 9.17) is 5.41 Å². The van der Waals surface area contributed by atoms with E-state index in [0.717, 1.165) is 0 Å². The van der Waals surface area contributed by atoms with E-state index in [-0.39, 0.29) is 5.84 Å². The molecule has 0 aromatic carbocycles. The van der Waals surface area contributed by atoms with Crippen molar-refractivity contribution in [2.75, 3.05) is 6.54 Å². The zero-order valence-corrected chi connectivity index (χ0v) is 5.16. The van der Waals surface area contributed by atoms with Gasteiger partial charge < -0.3 is 5.32 Å². The summed E-state index contributed by atoms with van der Waals surface area (Å²) >= 11 is 0. The fourth-order valence-corrected chi connectivity index (χ4v) is 0.575. The molecule has 1 aliphatic heterocycles. The number of nitroso groups, excluding NO2 is 1. The Morgan fingerprint density at radius 2 is 2.70 bits per heavy atom. The Morgan fingerprint density at radius 1 is 1.90 bits per heavy atom. The van der Waals surface area contributed by atoms with Crippen molar-refractivity contribution in [3.05, 3.63) is 16.8 Å². The van der Waals surface area contributed by atoms with Crippen molar-refractivity contribution >= 4 is 12.1 Å². The van der Waals surface area contributed by atoms with E-state index in [2.05, 4.69) is 15.5 Å². The number of hydrogen-bond donors (Lipinski definition) is 2. The van der Waals surface area contributed by atoms with Crippen LogP contribution in [0.2, 0.25) is 0 Å². The zero-order valence-electron chi connectivity index (χ0n) is 5.16. The van der Waals surface area contributed by atoms with Crippen LogP contribution in [0.4, 0.5) is 0 Å². The Balaban J connectivity index is 2.71. The molecule has 1 aliphatic rings. The molecule has 0 spiro atoms. The van der Waals surface area contributed by atoms with Crippen LogP contribution in [0.15, 0.2) is 22.1 Å². The van der Waals surface area contributed by atoms with E-state index in [1.807, 2.05) is 0 Å². The molecule has 2 N–H and O–H groups in total. The Labute approximate surface area is 57.3 Å². The number of aliphatic imine (C=N–C) groups is 1. The quantitative estimate of drug-likeness (QED) is 0.309. The standard InChI is InChI=1S/C5H6N4O/c6-5(9-10)4-3-7-1-2-8-4/h1,3,6,8H,2H2. The lowest BCUT2D eigenvalue weighted by Crippen LogP contribution is -2.22. The summed E-state index contributed by atoms with van der Waals surface area (Å²) in [7, 11) is 0. The summed E-state index contributed by atoms with van der Waals surface area (Å²) in [5.74, 6) is -0.308. The van der Waals surface area contributed by atoms with Crippen molar-refractivity contribution in [3.63, 3.8) is 0 Å². The molecule has 10 heavy (non-hydrogen) atoms. The van der Waals surface area contributed by atoms with Crippen LogP contribution >= 0.6 is 0 Å². The number of hydrogen-bond acceptors (Lipinski definition) is 4. The van der Waals surface area contributed by atoms with Gasteiger partial charge in [-0.2, -0.15) is 0 Å². The molecule has 1 rings (SSSR count). The first kappa shape index (κ1) is 6.60. The molecule has 0 bridgehead atoms. The Kier molecular flexibility index (Phi) is 1.89. The summed E-state index contributed by atoms with van der Waals surface area (Å²) < 4.78 is 0. The van der Waals surface area contributed by atoms with Gasteiger partial charge in [-0.25, -0.2) is 0 Å². The first-order valence-electron chi connectivity index (χ1n) is 2.72. The third-order valence-corrected chi connectivity index (χ3v) is 1.04. The van der Waals surface area contributed by atoms with Crippen molar-refractivity contribution in [3.8, 4) is 0 Å². The molecule has 0 radical (unpaired) electrons. The summed E-state index contributed by atoms with van der Waals surface area (Å²) in [6, 6.07) is 0. The second-order valence-electron chi connectivity index (χ2n) is 1.70. The van der Waals surface area contributed by atoms with Gasteiger partial charge in [-0.05, 0) is 5.18 Å². The van der Waals surface area contributed by atoms with Crippen LogP contribution in [0.3, 0.4) is 0 Å². The number of rotatable bonds is 1. The predicted molar refractivity (Wildman–Crippen MR) is 38.1 cm³/mol. The first-order valence-corrected chi connectivity index (χ1v) is 2.72. The van der Waals surface area contributed by atoms with Gasteiger partial charge in [-0.1, -0.05) is 0 Å². The number of nitrogens with zero attached hydrogens (tertiary/aromatic N) is 2. The van der Waals surface area contributed by atoms with Gasteiger partial charge in [0.2, 0.25) is 5.84 Å². The van der Waals surface area contributed by atoms with Crippen LogP contribution in [-0.4, -0.2) is 18.6 Å². The predicted octanol–water partition coefficient (Wildman–Crippen LogP) is 0.245. The van der Waals surface area contributed by atoms with Crippen LogP contribution in [0, 0.1) is 10.3 Å². The van der Waals surface area contributed by atoms with Gasteiger partial charge in [0.05, 0.1) is 12.7 Å². The second kappa shape index (κ2) is 2.86. The van der Waals surface area contributed by atoms with Crippen molar-refractivity contribution in [2.45, 2.75) is 0 Å². The molecule has 52 valence electrons. The first-order chi connectivity index (χ1) is 4.84. The molecule has 0 aliphatic carbocycles. The lowest BCUT2D eigenvalue weighted by atomic mass is 10.4. The Bertz CT molecular complexity index is 218. The van der Waals surface area contributed by atoms with Gasteiger partial charge in [-0.15, -0.1) is 4.91 Å². The minimum Gasteiger partial charge on any atom is -0.376 e. The van der Waals surface area contributed by atoms with Crippen molar-refractivity contribution in [1.29, 1.82) is 5.41 Å². The highest BCUT2D eigenvalue weighted by atomic mass is 16.3. The molecule has 0 saturated heterocycles. The topological polar surface area (TPSA) is 77.7 Å². The van der Waals surface area contributed by atoms with Crippen molar-refractivity contribution < 1.29 is 0 Å². The fourth-order valence-electron chi connectivity index (χ4n) is 0.575. The molecule has 0 amide bonds. The smallest absolute Gasteiger partial charge is 0.214 e. The molecule has 0 aromatic heterocycles. The third kappa shape index (κ3) is 1.25. The van der Waals surface area contributed by atoms with E-state index in [0.29, 0.717) is 12.2 Å². The normalized spacial score (nSPS) is 15.4. The maximum absolute atomic E-state index is 9.80. The largest absolute Gasteiger partial charge is 0.376 e. The van der Waals surface area contributed by atoms with Gasteiger partial charge in [0.25, 0.3) is 0 Å². The molecular formula is C5H6N4O. The van der Waals surface area contributed by atoms with Crippen molar-refractivity contribution in [2.24, 2.45) is 10.2 Å². The maximum Gasteiger partial charge on any atom is 0.214 e. The number of amidine groups is 1. The molecule has 5 heteroatoms. The van der Waals surface area contributed by atoms with Crippen LogP contribution in [0.1, 0.15) is 0 Å². The van der Waals surface area contributed by atoms with Crippen LogP contribution in [-0.2, 0) is 0 Å². The van der Waals surface area contributed by atoms with E-state index < -0.39 is 0 Å². The Morgan fingerprint density at radius 3 is 3.20 bits per heavy atom. The number of nitrogens with one attached hydrogen (secondary N) is 2. The van der Waals surface area contributed by atoms with Crippen LogP contribution in [0.5, 0.6) is 0 Å². The lowest BCUT2D eigenvalue weighted by Gasteiger charge is -2.06. The highest BCUT2D eigenvalue weighted by Gasteiger charge is 2.04. The molecule has 0 unspecified atom stereocenters. The highest BCUT2D eigenvalue weighted by molar-refractivity contribution is 5.96. The SMILES string of the molecule is N=C(N=O)C1=CN=CCN1. The molecule has 0 aromatic rings. The Hall–Kier alpha value is -1.52. The minimum atomic E-state index is -0.308. The fraction of sp³-hybridized carbons (Fsp3) is 0.200. The van der Waals surface area contributed by atoms with Crippen LogP contribution < -0.4 is 5.32 Å². The van der Waals surface area contributed by atoms with E-state index in [9.17, 15) is 4.91 Å². The van der Waals surface area contributed by atoms with Crippen LogP contribution in [0.25, 0.3) is 0 Å². The third-order valence-electron chi connectivity index (χ3n) is 1.04. The van der Waals surface area contributed by atoms with E-state index >= 15 is 0 Å². The maximum atomic E-state index is 9.80. The van der Waals surface area contributed by atoms with Gasteiger partial charge >= 0.3 is 0 Å². The van der Waals surface area contributed by atoms with Gasteiger partial charge in [0.1, 0.15) is 5.70 Å². The monoisotopic (exact) mass is 138 g/mol. The second-order valence-corrected chi connectivity index (χ2v) is 1.70. The lowest BCUT2D eigenvalue weighted by molar-refractivity contribution is 0.955. The molecule has 5 nitrogen and oxygen atoms in total. The van der Waals surface area contributed by atoms with E-state index in [1.165, 1.54) is 6.20 Å². The van der Waals surface area contributed by atoms with E-state index in [1.54, 1.807) is 6.21 Å².